The van der Waals surface area contributed by atoms with E-state index in [0.717, 1.165) is 0 Å². The molecule has 0 bridgehead atoms. The first-order chi connectivity index (χ1) is 6.54. The van der Waals surface area contributed by atoms with Crippen molar-refractivity contribution in [1.29, 1.82) is 0 Å². The van der Waals surface area contributed by atoms with Crippen LogP contribution in [-0.2, 0) is 4.79 Å². The zero-order chi connectivity index (χ0) is 10.7. The van der Waals surface area contributed by atoms with E-state index in [1.807, 2.05) is 0 Å². The minimum Gasteiger partial charge on any atom is -0.480 e. The van der Waals surface area contributed by atoms with Crippen LogP contribution in [0.5, 0.6) is 0 Å². The Morgan fingerprint density at radius 2 is 2.29 bits per heavy atom. The first kappa shape index (κ1) is 11.1. The van der Waals surface area contributed by atoms with Crippen LogP contribution in [0.2, 0.25) is 0 Å². The normalized spacial score (nSPS) is 14.8. The predicted molar refractivity (Wildman–Crippen MR) is 52.5 cm³/mol. The quantitative estimate of drug-likeness (QED) is 0.726. The second-order valence-electron chi connectivity index (χ2n) is 2.68. The van der Waals surface area contributed by atoms with Crippen molar-refractivity contribution in [2.75, 3.05) is 0 Å². The lowest BCUT2D eigenvalue weighted by Crippen LogP contribution is -2.37. The topological polar surface area (TPSA) is 96.4 Å². The molecule has 0 aliphatic heterocycles. The molecule has 1 heterocycles. The summed E-state index contributed by atoms with van der Waals surface area (Å²) in [7, 11) is 0. The summed E-state index contributed by atoms with van der Waals surface area (Å²) in [4.78, 5) is 14.3. The van der Waals surface area contributed by atoms with Crippen molar-refractivity contribution >= 4 is 21.9 Å². The number of carboxylic acid groups (broad SMARTS) is 1. The number of aromatic nitrogens is 1. The van der Waals surface area contributed by atoms with Gasteiger partial charge in [-0.2, -0.15) is 0 Å². The number of carbonyl (C=O) groups is 1. The van der Waals surface area contributed by atoms with Crippen molar-refractivity contribution in [3.05, 3.63) is 28.5 Å². The molecule has 76 valence electrons. The Labute approximate surface area is 88.7 Å². The molecule has 0 aliphatic rings. The van der Waals surface area contributed by atoms with Gasteiger partial charge in [-0.05, 0) is 28.1 Å². The van der Waals surface area contributed by atoms with Crippen molar-refractivity contribution in [1.82, 2.24) is 4.98 Å². The summed E-state index contributed by atoms with van der Waals surface area (Å²) < 4.78 is 0.532. The standard InChI is InChI=1S/C8H9BrN2O3/c9-4-2-1-3-11-6(4)7(12)5(10)8(13)14/h1-3,5,7,12H,10H2,(H,13,14). The summed E-state index contributed by atoms with van der Waals surface area (Å²) in [5, 5.41) is 18.1. The fourth-order valence-corrected chi connectivity index (χ4v) is 1.41. The summed E-state index contributed by atoms with van der Waals surface area (Å²) >= 11 is 3.14. The number of aliphatic carboxylic acids is 1. The van der Waals surface area contributed by atoms with Gasteiger partial charge in [0.1, 0.15) is 12.1 Å². The zero-order valence-electron chi connectivity index (χ0n) is 7.09. The third kappa shape index (κ3) is 2.28. The van der Waals surface area contributed by atoms with Gasteiger partial charge in [0, 0.05) is 10.7 Å². The lowest BCUT2D eigenvalue weighted by molar-refractivity contribution is -0.141. The van der Waals surface area contributed by atoms with Crippen molar-refractivity contribution < 1.29 is 15.0 Å². The van der Waals surface area contributed by atoms with Gasteiger partial charge in [-0.15, -0.1) is 0 Å². The predicted octanol–water partition coefficient (Wildman–Crippen LogP) is 0.289. The summed E-state index contributed by atoms with van der Waals surface area (Å²) in [5.41, 5.74) is 5.47. The van der Waals surface area contributed by atoms with Crippen LogP contribution in [0.3, 0.4) is 0 Å². The molecule has 0 saturated carbocycles. The number of hydrogen-bond donors (Lipinski definition) is 3. The molecule has 2 atom stereocenters. The van der Waals surface area contributed by atoms with Gasteiger partial charge >= 0.3 is 5.97 Å². The average molecular weight is 261 g/mol. The monoisotopic (exact) mass is 260 g/mol. The Bertz CT molecular complexity index is 345. The SMILES string of the molecule is NC(C(=O)O)C(O)c1ncccc1Br. The smallest absolute Gasteiger partial charge is 0.323 e. The maximum atomic E-state index is 10.5. The van der Waals surface area contributed by atoms with Crippen molar-refractivity contribution in [2.45, 2.75) is 12.1 Å². The van der Waals surface area contributed by atoms with Crippen LogP contribution in [0.15, 0.2) is 22.8 Å². The van der Waals surface area contributed by atoms with Crippen molar-refractivity contribution in [2.24, 2.45) is 5.73 Å². The minimum atomic E-state index is -1.37. The molecule has 0 fully saturated rings. The minimum absolute atomic E-state index is 0.224. The lowest BCUT2D eigenvalue weighted by atomic mass is 10.1. The number of nitrogens with two attached hydrogens (primary N) is 1. The second-order valence-corrected chi connectivity index (χ2v) is 3.53. The van der Waals surface area contributed by atoms with E-state index in [-0.39, 0.29) is 5.69 Å². The molecule has 0 aromatic carbocycles. The van der Waals surface area contributed by atoms with E-state index >= 15 is 0 Å². The molecule has 1 aromatic rings. The molecular weight excluding hydrogens is 252 g/mol. The molecule has 0 amide bonds. The third-order valence-electron chi connectivity index (χ3n) is 1.69. The molecule has 0 radical (unpaired) electrons. The fourth-order valence-electron chi connectivity index (χ4n) is 0.921. The number of halogens is 1. The third-order valence-corrected chi connectivity index (χ3v) is 2.36. The molecule has 0 saturated heterocycles. The summed E-state index contributed by atoms with van der Waals surface area (Å²) in [6.07, 6.45) is 0.140. The number of aliphatic hydroxyl groups is 1. The van der Waals surface area contributed by atoms with Crippen LogP contribution in [0.25, 0.3) is 0 Å². The number of hydrogen-bond acceptors (Lipinski definition) is 4. The number of pyridine rings is 1. The van der Waals surface area contributed by atoms with E-state index in [1.54, 1.807) is 12.1 Å². The molecule has 6 heteroatoms. The zero-order valence-corrected chi connectivity index (χ0v) is 8.68. The number of rotatable bonds is 3. The van der Waals surface area contributed by atoms with Crippen molar-refractivity contribution in [3.8, 4) is 0 Å². The van der Waals surface area contributed by atoms with Gasteiger partial charge in [0.05, 0.1) is 5.69 Å². The van der Waals surface area contributed by atoms with Crippen LogP contribution < -0.4 is 5.73 Å². The Morgan fingerprint density at radius 1 is 1.64 bits per heavy atom. The van der Waals surface area contributed by atoms with Gasteiger partial charge in [-0.3, -0.25) is 9.78 Å². The molecule has 1 aromatic heterocycles. The maximum absolute atomic E-state index is 10.5. The first-order valence-corrected chi connectivity index (χ1v) is 4.60. The molecular formula is C8H9BrN2O3. The number of nitrogens with zero attached hydrogens (tertiary/aromatic N) is 1. The Morgan fingerprint density at radius 3 is 2.79 bits per heavy atom. The average Bonchev–Trinajstić information content (AvgIpc) is 2.16. The molecule has 2 unspecified atom stereocenters. The van der Waals surface area contributed by atoms with E-state index in [9.17, 15) is 9.90 Å². The number of aliphatic hydroxyl groups excluding tert-OH is 1. The van der Waals surface area contributed by atoms with Gasteiger partial charge in [0.25, 0.3) is 0 Å². The van der Waals surface area contributed by atoms with Crippen LogP contribution in [0, 0.1) is 0 Å². The summed E-state index contributed by atoms with van der Waals surface area (Å²) in [6.45, 7) is 0. The first-order valence-electron chi connectivity index (χ1n) is 3.81. The molecule has 1 rings (SSSR count). The largest absolute Gasteiger partial charge is 0.480 e. The van der Waals surface area contributed by atoms with E-state index in [2.05, 4.69) is 20.9 Å². The molecule has 14 heavy (non-hydrogen) atoms. The van der Waals surface area contributed by atoms with E-state index in [1.165, 1.54) is 6.20 Å². The van der Waals surface area contributed by atoms with E-state index in [4.69, 9.17) is 10.8 Å². The Kier molecular flexibility index (Phi) is 3.56. The van der Waals surface area contributed by atoms with Crippen LogP contribution in [0.1, 0.15) is 11.8 Å². The second kappa shape index (κ2) is 4.50. The van der Waals surface area contributed by atoms with Gasteiger partial charge in [0.15, 0.2) is 0 Å². The lowest BCUT2D eigenvalue weighted by Gasteiger charge is -2.15. The van der Waals surface area contributed by atoms with Crippen LogP contribution in [-0.4, -0.2) is 27.2 Å². The van der Waals surface area contributed by atoms with Gasteiger partial charge in [-0.1, -0.05) is 0 Å². The molecule has 4 N–H and O–H groups in total. The number of carboxylic acids is 1. The highest BCUT2D eigenvalue weighted by molar-refractivity contribution is 9.10. The van der Waals surface area contributed by atoms with Gasteiger partial charge in [0.2, 0.25) is 0 Å². The van der Waals surface area contributed by atoms with Crippen molar-refractivity contribution in [3.63, 3.8) is 0 Å². The van der Waals surface area contributed by atoms with Gasteiger partial charge in [-0.25, -0.2) is 0 Å². The Hall–Kier alpha value is -0.980. The molecule has 0 spiro atoms. The van der Waals surface area contributed by atoms with E-state index < -0.39 is 18.1 Å². The highest BCUT2D eigenvalue weighted by Crippen LogP contribution is 2.22. The van der Waals surface area contributed by atoms with Crippen LogP contribution >= 0.6 is 15.9 Å². The molecule has 5 nitrogen and oxygen atoms in total. The molecule has 0 aliphatic carbocycles. The Balaban J connectivity index is 2.94. The fraction of sp³-hybridized carbons (Fsp3) is 0.250. The summed E-state index contributed by atoms with van der Waals surface area (Å²) in [5.74, 6) is -1.27. The van der Waals surface area contributed by atoms with E-state index in [0.29, 0.717) is 4.47 Å². The maximum Gasteiger partial charge on any atom is 0.323 e. The highest BCUT2D eigenvalue weighted by Gasteiger charge is 2.25. The summed E-state index contributed by atoms with van der Waals surface area (Å²) in [6, 6.07) is 1.94. The van der Waals surface area contributed by atoms with Crippen LogP contribution in [0.4, 0.5) is 0 Å². The van der Waals surface area contributed by atoms with Gasteiger partial charge < -0.3 is 15.9 Å². The highest BCUT2D eigenvalue weighted by atomic mass is 79.9.